The lowest BCUT2D eigenvalue weighted by Gasteiger charge is -2.06. The summed E-state index contributed by atoms with van der Waals surface area (Å²) in [5.41, 5.74) is 2.05. The Morgan fingerprint density at radius 3 is 2.59 bits per heavy atom. The van der Waals surface area contributed by atoms with E-state index in [2.05, 4.69) is 17.4 Å². The predicted octanol–water partition coefficient (Wildman–Crippen LogP) is 4.35. The summed E-state index contributed by atoms with van der Waals surface area (Å²) in [6.45, 7) is 4.67. The van der Waals surface area contributed by atoms with E-state index in [9.17, 15) is 4.79 Å². The Bertz CT molecular complexity index is 590. The van der Waals surface area contributed by atoms with Crippen molar-refractivity contribution in [2.75, 3.05) is 6.54 Å². The molecule has 1 heterocycles. The van der Waals surface area contributed by atoms with Gasteiger partial charge in [-0.25, -0.2) is 0 Å². The number of aryl methyl sites for hydroxylation is 1. The molecule has 4 heteroatoms. The number of nitrogens with one attached hydrogen (secondary N) is 1. The van der Waals surface area contributed by atoms with E-state index >= 15 is 0 Å². The van der Waals surface area contributed by atoms with Gasteiger partial charge in [0.1, 0.15) is 17.0 Å². The first kappa shape index (κ1) is 16.3. The Kier molecular flexibility index (Phi) is 6.19. The van der Waals surface area contributed by atoms with E-state index in [1.165, 1.54) is 19.3 Å². The first-order valence-electron chi connectivity index (χ1n) is 8.04. The van der Waals surface area contributed by atoms with Crippen molar-refractivity contribution in [3.05, 3.63) is 41.7 Å². The van der Waals surface area contributed by atoms with Crippen LogP contribution in [0, 0.1) is 6.92 Å². The van der Waals surface area contributed by atoms with Gasteiger partial charge in [-0.1, -0.05) is 68.1 Å². The van der Waals surface area contributed by atoms with Crippen LogP contribution in [0.5, 0.6) is 0 Å². The van der Waals surface area contributed by atoms with Crippen LogP contribution in [0.25, 0.3) is 11.3 Å². The highest BCUT2D eigenvalue weighted by atomic mass is 16.5. The van der Waals surface area contributed by atoms with Crippen molar-refractivity contribution in [3.63, 3.8) is 0 Å². The maximum Gasteiger partial charge on any atom is 0.257 e. The Labute approximate surface area is 131 Å². The fourth-order valence-electron chi connectivity index (χ4n) is 2.45. The Morgan fingerprint density at radius 1 is 1.14 bits per heavy atom. The molecule has 0 saturated carbocycles. The zero-order chi connectivity index (χ0) is 15.8. The number of aromatic nitrogens is 1. The van der Waals surface area contributed by atoms with Crippen LogP contribution in [0.3, 0.4) is 0 Å². The van der Waals surface area contributed by atoms with Gasteiger partial charge in [0.15, 0.2) is 0 Å². The molecule has 0 fully saturated rings. The fraction of sp³-hybridized carbons (Fsp3) is 0.444. The minimum atomic E-state index is -0.104. The average molecular weight is 300 g/mol. The van der Waals surface area contributed by atoms with Crippen LogP contribution in [-0.2, 0) is 0 Å². The summed E-state index contributed by atoms with van der Waals surface area (Å²) in [6, 6.07) is 9.65. The lowest BCUT2D eigenvalue weighted by atomic mass is 10.1. The molecule has 0 aliphatic carbocycles. The van der Waals surface area contributed by atoms with Crippen LogP contribution in [-0.4, -0.2) is 17.6 Å². The van der Waals surface area contributed by atoms with Gasteiger partial charge in [0.25, 0.3) is 5.91 Å². The van der Waals surface area contributed by atoms with Crippen molar-refractivity contribution in [1.29, 1.82) is 0 Å². The van der Waals surface area contributed by atoms with Gasteiger partial charge in [-0.3, -0.25) is 4.79 Å². The van der Waals surface area contributed by atoms with Crippen molar-refractivity contribution in [1.82, 2.24) is 10.5 Å². The largest absolute Gasteiger partial charge is 0.360 e. The Balaban J connectivity index is 1.97. The van der Waals surface area contributed by atoms with Gasteiger partial charge in [-0.2, -0.15) is 0 Å². The Hall–Kier alpha value is -2.10. The van der Waals surface area contributed by atoms with Crippen molar-refractivity contribution >= 4 is 5.91 Å². The highest BCUT2D eigenvalue weighted by molar-refractivity contribution is 6.00. The molecule has 4 nitrogen and oxygen atoms in total. The summed E-state index contributed by atoms with van der Waals surface area (Å²) in [5.74, 6) is 0.454. The second-order valence-electron chi connectivity index (χ2n) is 5.50. The topological polar surface area (TPSA) is 55.1 Å². The standard InChI is InChI=1S/C18H24N2O2/c1-3-4-5-6-10-13-19-18(21)16-14(2)22-20-17(16)15-11-8-7-9-12-15/h7-9,11-12H,3-6,10,13H2,1-2H3,(H,19,21). The molecule has 1 N–H and O–H groups in total. The molecule has 0 aliphatic rings. The summed E-state index contributed by atoms with van der Waals surface area (Å²) in [7, 11) is 0. The summed E-state index contributed by atoms with van der Waals surface area (Å²) >= 11 is 0. The lowest BCUT2D eigenvalue weighted by molar-refractivity contribution is 0.0952. The molecular formula is C18H24N2O2. The molecule has 1 aromatic carbocycles. The molecule has 0 aliphatic heterocycles. The summed E-state index contributed by atoms with van der Waals surface area (Å²) in [4.78, 5) is 12.4. The molecule has 0 bridgehead atoms. The van der Waals surface area contributed by atoms with Gasteiger partial charge in [0.05, 0.1) is 0 Å². The minimum Gasteiger partial charge on any atom is -0.360 e. The number of carbonyl (C=O) groups is 1. The van der Waals surface area contributed by atoms with E-state index in [1.54, 1.807) is 6.92 Å². The molecule has 2 aromatic rings. The van der Waals surface area contributed by atoms with Crippen molar-refractivity contribution in [3.8, 4) is 11.3 Å². The van der Waals surface area contributed by atoms with E-state index in [1.807, 2.05) is 30.3 Å². The molecule has 118 valence electrons. The first-order valence-corrected chi connectivity index (χ1v) is 8.04. The van der Waals surface area contributed by atoms with E-state index in [0.29, 0.717) is 23.6 Å². The number of hydrogen-bond acceptors (Lipinski definition) is 3. The van der Waals surface area contributed by atoms with Crippen LogP contribution in [0.15, 0.2) is 34.9 Å². The van der Waals surface area contributed by atoms with Crippen molar-refractivity contribution < 1.29 is 9.32 Å². The van der Waals surface area contributed by atoms with E-state index in [0.717, 1.165) is 18.4 Å². The van der Waals surface area contributed by atoms with Crippen LogP contribution in [0.4, 0.5) is 0 Å². The minimum absolute atomic E-state index is 0.104. The number of amides is 1. The molecular weight excluding hydrogens is 276 g/mol. The average Bonchev–Trinajstić information content (AvgIpc) is 2.93. The van der Waals surface area contributed by atoms with Crippen LogP contribution in [0.2, 0.25) is 0 Å². The molecule has 1 amide bonds. The van der Waals surface area contributed by atoms with Gasteiger partial charge in [-0.05, 0) is 13.3 Å². The smallest absolute Gasteiger partial charge is 0.257 e. The maximum atomic E-state index is 12.4. The second kappa shape index (κ2) is 8.37. The van der Waals surface area contributed by atoms with Crippen LogP contribution in [0.1, 0.15) is 55.1 Å². The van der Waals surface area contributed by atoms with Gasteiger partial charge < -0.3 is 9.84 Å². The quantitative estimate of drug-likeness (QED) is 0.737. The van der Waals surface area contributed by atoms with E-state index < -0.39 is 0 Å². The fourth-order valence-corrected chi connectivity index (χ4v) is 2.45. The summed E-state index contributed by atoms with van der Waals surface area (Å²) < 4.78 is 5.22. The van der Waals surface area contributed by atoms with Gasteiger partial charge in [0, 0.05) is 12.1 Å². The van der Waals surface area contributed by atoms with Crippen molar-refractivity contribution in [2.24, 2.45) is 0 Å². The van der Waals surface area contributed by atoms with E-state index in [4.69, 9.17) is 4.52 Å². The zero-order valence-electron chi connectivity index (χ0n) is 13.4. The molecule has 0 atom stereocenters. The summed E-state index contributed by atoms with van der Waals surface area (Å²) in [5, 5.41) is 7.01. The number of carbonyl (C=O) groups excluding carboxylic acids is 1. The van der Waals surface area contributed by atoms with Gasteiger partial charge in [0.2, 0.25) is 0 Å². The van der Waals surface area contributed by atoms with E-state index in [-0.39, 0.29) is 5.91 Å². The molecule has 2 rings (SSSR count). The monoisotopic (exact) mass is 300 g/mol. The van der Waals surface area contributed by atoms with Crippen molar-refractivity contribution in [2.45, 2.75) is 46.0 Å². The third kappa shape index (κ3) is 4.20. The second-order valence-corrected chi connectivity index (χ2v) is 5.50. The first-order chi connectivity index (χ1) is 10.7. The van der Waals surface area contributed by atoms with Crippen LogP contribution < -0.4 is 5.32 Å². The van der Waals surface area contributed by atoms with Crippen LogP contribution >= 0.6 is 0 Å². The normalized spacial score (nSPS) is 10.6. The van der Waals surface area contributed by atoms with Gasteiger partial charge >= 0.3 is 0 Å². The number of unbranched alkanes of at least 4 members (excludes halogenated alkanes) is 4. The molecule has 0 unspecified atom stereocenters. The number of hydrogen-bond donors (Lipinski definition) is 1. The highest BCUT2D eigenvalue weighted by Gasteiger charge is 2.20. The predicted molar refractivity (Wildman–Crippen MR) is 87.8 cm³/mol. The number of nitrogens with zero attached hydrogens (tertiary/aromatic N) is 1. The number of benzene rings is 1. The highest BCUT2D eigenvalue weighted by Crippen LogP contribution is 2.24. The molecule has 0 saturated heterocycles. The molecule has 22 heavy (non-hydrogen) atoms. The number of rotatable bonds is 8. The summed E-state index contributed by atoms with van der Waals surface area (Å²) in [6.07, 6.45) is 5.89. The molecule has 0 spiro atoms. The molecule has 1 aromatic heterocycles. The van der Waals surface area contributed by atoms with Gasteiger partial charge in [-0.15, -0.1) is 0 Å². The maximum absolute atomic E-state index is 12.4. The molecule has 0 radical (unpaired) electrons. The third-order valence-corrected chi connectivity index (χ3v) is 3.70. The Morgan fingerprint density at radius 2 is 1.86 bits per heavy atom. The third-order valence-electron chi connectivity index (χ3n) is 3.70. The lowest BCUT2D eigenvalue weighted by Crippen LogP contribution is -2.25. The zero-order valence-corrected chi connectivity index (χ0v) is 13.4. The SMILES string of the molecule is CCCCCCCNC(=O)c1c(-c2ccccc2)noc1C.